The summed E-state index contributed by atoms with van der Waals surface area (Å²) in [5, 5.41) is 13.6. The highest BCUT2D eigenvalue weighted by Gasteiger charge is 2.28. The maximum absolute atomic E-state index is 13.3. The van der Waals surface area contributed by atoms with Crippen LogP contribution >= 0.6 is 34.8 Å². The van der Waals surface area contributed by atoms with Crippen LogP contribution in [0.25, 0.3) is 0 Å². The lowest BCUT2D eigenvalue weighted by Crippen LogP contribution is -2.39. The van der Waals surface area contributed by atoms with Crippen molar-refractivity contribution in [3.63, 3.8) is 0 Å². The molecule has 0 radical (unpaired) electrons. The average molecular weight is 555 g/mol. The van der Waals surface area contributed by atoms with Crippen molar-refractivity contribution in [2.24, 2.45) is 5.10 Å². The molecule has 182 valence electrons. The number of carboxylic acid groups (broad SMARTS) is 1. The Bertz CT molecular complexity index is 1340. The molecule has 0 unspecified atom stereocenters. The largest absolute Gasteiger partial charge is 0.478 e. The van der Waals surface area contributed by atoms with Crippen molar-refractivity contribution in [1.82, 2.24) is 9.73 Å². The summed E-state index contributed by atoms with van der Waals surface area (Å²) in [7, 11) is -4.15. The summed E-state index contributed by atoms with van der Waals surface area (Å²) in [6, 6.07) is 16.1. The van der Waals surface area contributed by atoms with E-state index in [1.807, 2.05) is 0 Å². The molecule has 2 N–H and O–H groups in total. The van der Waals surface area contributed by atoms with Gasteiger partial charge in [0, 0.05) is 27.2 Å². The molecule has 35 heavy (non-hydrogen) atoms. The fraction of sp³-hybridized carbons (Fsp3) is 0.0870. The molecule has 8 nitrogen and oxygen atoms in total. The zero-order valence-corrected chi connectivity index (χ0v) is 20.9. The van der Waals surface area contributed by atoms with Gasteiger partial charge in [-0.25, -0.2) is 18.6 Å². The molecule has 0 saturated carbocycles. The van der Waals surface area contributed by atoms with E-state index in [9.17, 15) is 18.0 Å². The van der Waals surface area contributed by atoms with Gasteiger partial charge < -0.3 is 5.11 Å². The second-order valence-corrected chi connectivity index (χ2v) is 10.3. The van der Waals surface area contributed by atoms with Crippen molar-refractivity contribution in [1.29, 1.82) is 0 Å². The van der Waals surface area contributed by atoms with E-state index in [0.717, 1.165) is 4.31 Å². The Labute approximate surface area is 216 Å². The number of amides is 1. The Hall–Kier alpha value is -2.95. The van der Waals surface area contributed by atoms with E-state index in [-0.39, 0.29) is 27.0 Å². The minimum absolute atomic E-state index is 0.0695. The molecule has 0 aromatic heterocycles. The van der Waals surface area contributed by atoms with Crippen molar-refractivity contribution < 1.29 is 23.1 Å². The number of carboxylic acids is 1. The first kappa shape index (κ1) is 26.7. The van der Waals surface area contributed by atoms with Crippen LogP contribution in [-0.4, -0.2) is 42.5 Å². The number of aromatic carboxylic acids is 1. The number of nitrogens with zero attached hydrogens (tertiary/aromatic N) is 2. The quantitative estimate of drug-likeness (QED) is 0.294. The van der Waals surface area contributed by atoms with Crippen molar-refractivity contribution in [2.75, 3.05) is 6.54 Å². The second kappa shape index (κ2) is 11.7. The number of hydrogen-bond acceptors (Lipinski definition) is 5. The monoisotopic (exact) mass is 553 g/mol. The van der Waals surface area contributed by atoms with Gasteiger partial charge in [0.1, 0.15) is 0 Å². The van der Waals surface area contributed by atoms with Crippen LogP contribution in [0.3, 0.4) is 0 Å². The van der Waals surface area contributed by atoms with Crippen LogP contribution in [0, 0.1) is 0 Å². The minimum Gasteiger partial charge on any atom is -0.478 e. The molecule has 0 aliphatic rings. The number of carbonyl (C=O) groups excluding carboxylic acids is 1. The molecule has 0 bridgehead atoms. The normalized spacial score (nSPS) is 11.7. The number of halogens is 3. The minimum atomic E-state index is -4.15. The maximum Gasteiger partial charge on any atom is 0.335 e. The smallest absolute Gasteiger partial charge is 0.335 e. The van der Waals surface area contributed by atoms with E-state index in [1.165, 1.54) is 54.7 Å². The second-order valence-electron chi connectivity index (χ2n) is 7.15. The molecule has 0 heterocycles. The summed E-state index contributed by atoms with van der Waals surface area (Å²) in [5.74, 6) is -1.79. The molecule has 0 atom stereocenters. The van der Waals surface area contributed by atoms with Gasteiger partial charge in [0.25, 0.3) is 5.91 Å². The maximum atomic E-state index is 13.3. The molecule has 12 heteroatoms. The van der Waals surface area contributed by atoms with Crippen LogP contribution in [0.2, 0.25) is 15.1 Å². The molecule has 0 spiro atoms. The fourth-order valence-corrected chi connectivity index (χ4v) is 4.93. The molecule has 3 aromatic carbocycles. The van der Waals surface area contributed by atoms with Crippen molar-refractivity contribution in [3.8, 4) is 0 Å². The summed E-state index contributed by atoms with van der Waals surface area (Å²) in [4.78, 5) is 23.4. The van der Waals surface area contributed by atoms with Crippen molar-refractivity contribution in [2.45, 2.75) is 11.4 Å². The molecule has 0 saturated heterocycles. The van der Waals surface area contributed by atoms with Crippen LogP contribution in [0.5, 0.6) is 0 Å². The van der Waals surface area contributed by atoms with Gasteiger partial charge in [0.2, 0.25) is 10.0 Å². The Balaban J connectivity index is 1.81. The third kappa shape index (κ3) is 7.03. The van der Waals surface area contributed by atoms with Crippen LogP contribution in [0.1, 0.15) is 21.5 Å². The number of nitrogens with one attached hydrogen (secondary N) is 1. The van der Waals surface area contributed by atoms with Gasteiger partial charge in [-0.05, 0) is 54.1 Å². The van der Waals surface area contributed by atoms with E-state index in [1.54, 1.807) is 18.2 Å². The number of benzene rings is 3. The summed E-state index contributed by atoms with van der Waals surface area (Å²) >= 11 is 18.3. The average Bonchev–Trinajstić information content (AvgIpc) is 2.81. The van der Waals surface area contributed by atoms with Gasteiger partial charge in [-0.3, -0.25) is 4.79 Å². The topological polar surface area (TPSA) is 116 Å². The number of hydrazone groups is 1. The molecule has 0 fully saturated rings. The van der Waals surface area contributed by atoms with Gasteiger partial charge in [-0.15, -0.1) is 0 Å². The lowest BCUT2D eigenvalue weighted by Gasteiger charge is -2.22. The van der Waals surface area contributed by atoms with E-state index in [2.05, 4.69) is 10.5 Å². The van der Waals surface area contributed by atoms with Crippen LogP contribution in [0.15, 0.2) is 76.7 Å². The summed E-state index contributed by atoms with van der Waals surface area (Å²) in [6.45, 7) is -0.848. The van der Waals surface area contributed by atoms with Crippen LogP contribution in [-0.2, 0) is 21.4 Å². The standard InChI is InChI=1S/C23H18Cl3N3O5S/c24-17-8-10-18(11-9-17)35(33,34)29(13-19-20(25)2-1-3-21(19)26)14-22(30)28-27-12-15-4-6-16(7-5-15)23(31)32/h1-12H,13-14H2,(H,28,30)(H,31,32)/b27-12-. The van der Waals surface area contributed by atoms with Gasteiger partial charge in [-0.2, -0.15) is 9.41 Å². The zero-order valence-electron chi connectivity index (χ0n) is 17.9. The lowest BCUT2D eigenvalue weighted by molar-refractivity contribution is -0.121. The molecule has 3 aromatic rings. The highest BCUT2D eigenvalue weighted by atomic mass is 35.5. The fourth-order valence-electron chi connectivity index (χ4n) is 2.93. The van der Waals surface area contributed by atoms with E-state index >= 15 is 0 Å². The van der Waals surface area contributed by atoms with Crippen molar-refractivity contribution in [3.05, 3.63) is 98.5 Å². The SMILES string of the molecule is O=C(CN(Cc1c(Cl)cccc1Cl)S(=O)(=O)c1ccc(Cl)cc1)N/N=C\c1ccc(C(=O)O)cc1. The predicted molar refractivity (Wildman–Crippen MR) is 135 cm³/mol. The Morgan fingerprint density at radius 3 is 2.11 bits per heavy atom. The first-order valence-corrected chi connectivity index (χ1v) is 12.5. The first-order chi connectivity index (χ1) is 16.6. The highest BCUT2D eigenvalue weighted by Crippen LogP contribution is 2.28. The highest BCUT2D eigenvalue weighted by molar-refractivity contribution is 7.89. The molecule has 1 amide bonds. The molecule has 0 aliphatic heterocycles. The van der Waals surface area contributed by atoms with E-state index < -0.39 is 28.4 Å². The van der Waals surface area contributed by atoms with Gasteiger partial charge in [-0.1, -0.05) is 53.0 Å². The van der Waals surface area contributed by atoms with Crippen LogP contribution < -0.4 is 5.43 Å². The number of hydrogen-bond donors (Lipinski definition) is 2. The summed E-state index contributed by atoms with van der Waals surface area (Å²) in [5.41, 5.74) is 3.24. The molecular formula is C23H18Cl3N3O5S. The van der Waals surface area contributed by atoms with Gasteiger partial charge in [0.15, 0.2) is 0 Å². The molecule has 0 aliphatic carbocycles. The lowest BCUT2D eigenvalue weighted by atomic mass is 10.1. The third-order valence-corrected chi connectivity index (χ3v) is 7.49. The number of rotatable bonds is 9. The zero-order chi connectivity index (χ0) is 25.6. The Morgan fingerprint density at radius 1 is 0.943 bits per heavy atom. The van der Waals surface area contributed by atoms with Crippen molar-refractivity contribution >= 4 is 62.9 Å². The molecular weight excluding hydrogens is 537 g/mol. The Morgan fingerprint density at radius 2 is 1.54 bits per heavy atom. The third-order valence-electron chi connectivity index (χ3n) is 4.73. The number of carbonyl (C=O) groups is 2. The van der Waals surface area contributed by atoms with Gasteiger partial charge in [0.05, 0.1) is 23.2 Å². The summed E-state index contributed by atoms with van der Waals surface area (Å²) in [6.07, 6.45) is 1.30. The first-order valence-electron chi connectivity index (χ1n) is 9.92. The Kier molecular flexibility index (Phi) is 8.87. The molecule has 3 rings (SSSR count). The predicted octanol–water partition coefficient (Wildman–Crippen LogP) is 4.69. The number of sulfonamides is 1. The van der Waals surface area contributed by atoms with Gasteiger partial charge >= 0.3 is 5.97 Å². The van der Waals surface area contributed by atoms with E-state index in [0.29, 0.717) is 16.1 Å². The summed E-state index contributed by atoms with van der Waals surface area (Å²) < 4.78 is 27.6. The van der Waals surface area contributed by atoms with Crippen LogP contribution in [0.4, 0.5) is 0 Å². The van der Waals surface area contributed by atoms with E-state index in [4.69, 9.17) is 39.9 Å².